The average molecular weight is 420 g/mol. The molecule has 0 saturated carbocycles. The van der Waals surface area contributed by atoms with Crippen LogP contribution in [0.3, 0.4) is 0 Å². The third-order valence-corrected chi connectivity index (χ3v) is 4.98. The summed E-state index contributed by atoms with van der Waals surface area (Å²) >= 11 is 0. The zero-order valence-corrected chi connectivity index (χ0v) is 17.5. The van der Waals surface area contributed by atoms with E-state index >= 15 is 0 Å². The molecule has 6 heteroatoms. The monoisotopic (exact) mass is 420 g/mol. The second-order valence-corrected chi connectivity index (χ2v) is 7.27. The minimum Gasteiger partial charge on any atom is -0.487 e. The molecule has 6 nitrogen and oxygen atoms in total. The van der Waals surface area contributed by atoms with Gasteiger partial charge in [0.05, 0.1) is 11.2 Å². The highest BCUT2D eigenvalue weighted by Gasteiger charge is 2.13. The van der Waals surface area contributed by atoms with Crippen molar-refractivity contribution in [2.24, 2.45) is 0 Å². The van der Waals surface area contributed by atoms with Crippen LogP contribution < -0.4 is 4.74 Å². The largest absolute Gasteiger partial charge is 0.487 e. The fraction of sp³-hybridized carbons (Fsp3) is 0.0769. The highest BCUT2D eigenvalue weighted by molar-refractivity contribution is 5.88. The molecule has 0 fully saturated rings. The third kappa shape index (κ3) is 4.39. The van der Waals surface area contributed by atoms with Gasteiger partial charge < -0.3 is 9.15 Å². The van der Waals surface area contributed by atoms with E-state index in [2.05, 4.69) is 26.2 Å². The van der Waals surface area contributed by atoms with E-state index < -0.39 is 0 Å². The predicted octanol–water partition coefficient (Wildman–Crippen LogP) is 5.49. The predicted molar refractivity (Wildman–Crippen MR) is 123 cm³/mol. The van der Waals surface area contributed by atoms with E-state index in [9.17, 15) is 0 Å². The van der Waals surface area contributed by atoms with Crippen molar-refractivity contribution in [3.63, 3.8) is 0 Å². The molecule has 0 aliphatic carbocycles. The standard InChI is InChI=1S/C26H20N4O2/c1-18-29-30-26(32-18)24(16-19-12-14-27-15-13-19)20-7-10-23(11-8-20)31-17-22-9-6-21-4-2-3-5-25(21)28-22/h2-16H,17H2,1H3/b24-16+. The van der Waals surface area contributed by atoms with E-state index in [-0.39, 0.29) is 0 Å². The molecule has 32 heavy (non-hydrogen) atoms. The Kier molecular flexibility index (Phi) is 5.41. The first-order valence-electron chi connectivity index (χ1n) is 10.2. The summed E-state index contributed by atoms with van der Waals surface area (Å²) in [4.78, 5) is 8.73. The molecule has 0 amide bonds. The van der Waals surface area contributed by atoms with E-state index in [0.717, 1.165) is 39.0 Å². The van der Waals surface area contributed by atoms with Gasteiger partial charge in [-0.15, -0.1) is 10.2 Å². The number of fused-ring (bicyclic) bond motifs is 1. The van der Waals surface area contributed by atoms with Crippen LogP contribution in [-0.2, 0) is 6.61 Å². The number of hydrogen-bond donors (Lipinski definition) is 0. The minimum atomic E-state index is 0.396. The number of aromatic nitrogens is 4. The van der Waals surface area contributed by atoms with Gasteiger partial charge >= 0.3 is 0 Å². The zero-order chi connectivity index (χ0) is 21.8. The second-order valence-electron chi connectivity index (χ2n) is 7.27. The van der Waals surface area contributed by atoms with E-state index in [1.54, 1.807) is 19.3 Å². The van der Waals surface area contributed by atoms with Gasteiger partial charge in [-0.25, -0.2) is 4.98 Å². The van der Waals surface area contributed by atoms with Gasteiger partial charge in [0.2, 0.25) is 11.8 Å². The third-order valence-electron chi connectivity index (χ3n) is 4.98. The van der Waals surface area contributed by atoms with E-state index in [4.69, 9.17) is 9.15 Å². The van der Waals surface area contributed by atoms with Gasteiger partial charge in [0.15, 0.2) is 0 Å². The van der Waals surface area contributed by atoms with Crippen LogP contribution in [0.1, 0.15) is 28.6 Å². The SMILES string of the molecule is Cc1nnc(/C(=C/c2ccncc2)c2ccc(OCc3ccc4ccccc4n3)cc2)o1. The van der Waals surface area contributed by atoms with Crippen LogP contribution in [0.4, 0.5) is 0 Å². The molecule has 0 radical (unpaired) electrons. The molecule has 3 heterocycles. The quantitative estimate of drug-likeness (QED) is 0.362. The molecule has 2 aromatic carbocycles. The molecule has 5 aromatic rings. The summed E-state index contributed by atoms with van der Waals surface area (Å²) in [5.41, 5.74) is 4.62. The van der Waals surface area contributed by atoms with Crippen molar-refractivity contribution in [1.82, 2.24) is 20.2 Å². The van der Waals surface area contributed by atoms with Crippen molar-refractivity contribution in [2.75, 3.05) is 0 Å². The van der Waals surface area contributed by atoms with Gasteiger partial charge in [0.25, 0.3) is 0 Å². The number of pyridine rings is 2. The lowest BCUT2D eigenvalue weighted by molar-refractivity contribution is 0.302. The van der Waals surface area contributed by atoms with Gasteiger partial charge in [-0.05, 0) is 53.6 Å². The van der Waals surface area contributed by atoms with E-state index in [0.29, 0.717) is 18.4 Å². The van der Waals surface area contributed by atoms with E-state index in [1.165, 1.54) is 0 Å². The van der Waals surface area contributed by atoms with Gasteiger partial charge in [-0.2, -0.15) is 0 Å². The Morgan fingerprint density at radius 1 is 0.906 bits per heavy atom. The number of benzene rings is 2. The summed E-state index contributed by atoms with van der Waals surface area (Å²) < 4.78 is 11.7. The van der Waals surface area contributed by atoms with Gasteiger partial charge in [-0.1, -0.05) is 36.4 Å². The molecule has 0 unspecified atom stereocenters. The summed E-state index contributed by atoms with van der Waals surface area (Å²) in [6.07, 6.45) is 5.50. The normalized spacial score (nSPS) is 11.6. The number of nitrogens with zero attached hydrogens (tertiary/aromatic N) is 4. The summed E-state index contributed by atoms with van der Waals surface area (Å²) in [6.45, 7) is 2.17. The zero-order valence-electron chi connectivity index (χ0n) is 17.5. The Labute approximate surface area is 185 Å². The maximum absolute atomic E-state index is 5.96. The van der Waals surface area contributed by atoms with Crippen molar-refractivity contribution in [3.05, 3.63) is 114 Å². The van der Waals surface area contributed by atoms with Crippen LogP contribution in [0.2, 0.25) is 0 Å². The molecule has 3 aromatic heterocycles. The summed E-state index contributed by atoms with van der Waals surface area (Å²) in [6, 6.07) is 23.8. The molecule has 0 N–H and O–H groups in total. The smallest absolute Gasteiger partial charge is 0.248 e. The molecule has 0 bridgehead atoms. The number of rotatable bonds is 6. The van der Waals surface area contributed by atoms with Crippen LogP contribution in [0.5, 0.6) is 5.75 Å². The molecule has 0 aliphatic heterocycles. The topological polar surface area (TPSA) is 73.9 Å². The van der Waals surface area contributed by atoms with Crippen LogP contribution in [0.25, 0.3) is 22.6 Å². The van der Waals surface area contributed by atoms with Crippen molar-refractivity contribution in [1.29, 1.82) is 0 Å². The Hall–Kier alpha value is -4.32. The maximum Gasteiger partial charge on any atom is 0.248 e. The molecule has 0 saturated heterocycles. The average Bonchev–Trinajstić information content (AvgIpc) is 3.28. The number of aryl methyl sites for hydroxylation is 1. The van der Waals surface area contributed by atoms with Crippen LogP contribution in [-0.4, -0.2) is 20.2 Å². The van der Waals surface area contributed by atoms with E-state index in [1.807, 2.05) is 72.8 Å². The maximum atomic E-state index is 5.96. The fourth-order valence-corrected chi connectivity index (χ4v) is 3.38. The van der Waals surface area contributed by atoms with Gasteiger partial charge in [-0.3, -0.25) is 4.98 Å². The highest BCUT2D eigenvalue weighted by atomic mass is 16.5. The fourth-order valence-electron chi connectivity index (χ4n) is 3.38. The molecule has 5 rings (SSSR count). The summed E-state index contributed by atoms with van der Waals surface area (Å²) in [5.74, 6) is 1.74. The van der Waals surface area contributed by atoms with Crippen LogP contribution in [0.15, 0.2) is 89.6 Å². The van der Waals surface area contributed by atoms with Gasteiger partial charge in [0, 0.05) is 30.3 Å². The van der Waals surface area contributed by atoms with Crippen molar-refractivity contribution in [3.8, 4) is 5.75 Å². The molecular weight excluding hydrogens is 400 g/mol. The molecule has 0 atom stereocenters. The Bertz CT molecular complexity index is 1380. The Morgan fingerprint density at radius 2 is 1.72 bits per heavy atom. The lowest BCUT2D eigenvalue weighted by Crippen LogP contribution is -1.98. The molecule has 0 aliphatic rings. The molecule has 0 spiro atoms. The first-order chi connectivity index (χ1) is 15.7. The van der Waals surface area contributed by atoms with Crippen LogP contribution >= 0.6 is 0 Å². The van der Waals surface area contributed by atoms with Crippen molar-refractivity contribution < 1.29 is 9.15 Å². The minimum absolute atomic E-state index is 0.396. The van der Waals surface area contributed by atoms with Crippen molar-refractivity contribution in [2.45, 2.75) is 13.5 Å². The lowest BCUT2D eigenvalue weighted by atomic mass is 10.0. The Balaban J connectivity index is 1.37. The number of ether oxygens (including phenoxy) is 1. The van der Waals surface area contributed by atoms with Gasteiger partial charge in [0.1, 0.15) is 12.4 Å². The first kappa shape index (κ1) is 19.6. The second kappa shape index (κ2) is 8.81. The molecule has 156 valence electrons. The number of para-hydroxylation sites is 1. The Morgan fingerprint density at radius 3 is 2.50 bits per heavy atom. The lowest BCUT2D eigenvalue weighted by Gasteiger charge is -2.09. The molecular formula is C26H20N4O2. The van der Waals surface area contributed by atoms with Crippen molar-refractivity contribution >= 4 is 22.6 Å². The van der Waals surface area contributed by atoms with Crippen LogP contribution in [0, 0.1) is 6.92 Å². The first-order valence-corrected chi connectivity index (χ1v) is 10.2. The summed E-state index contributed by atoms with van der Waals surface area (Å²) in [5, 5.41) is 9.29. The number of hydrogen-bond acceptors (Lipinski definition) is 6. The highest BCUT2D eigenvalue weighted by Crippen LogP contribution is 2.27. The summed E-state index contributed by atoms with van der Waals surface area (Å²) in [7, 11) is 0.